The molecular formula is C13H22N2O5S. The minimum atomic E-state index is -2.95. The van der Waals surface area contributed by atoms with Crippen LogP contribution in [-0.4, -0.2) is 48.6 Å². The summed E-state index contributed by atoms with van der Waals surface area (Å²) in [6, 6.07) is -0.542. The molecule has 0 aromatic carbocycles. The second-order valence-corrected chi connectivity index (χ2v) is 8.39. The molecule has 2 rings (SSSR count). The van der Waals surface area contributed by atoms with Crippen LogP contribution >= 0.6 is 0 Å². The molecule has 1 aliphatic heterocycles. The predicted octanol–water partition coefficient (Wildman–Crippen LogP) is 0.650. The Labute approximate surface area is 124 Å². The molecular weight excluding hydrogens is 296 g/mol. The quantitative estimate of drug-likeness (QED) is 0.704. The SMILES string of the molecule is O=C(O)CC1(NC(=O)NC2CCS(=O)(=O)CC2)CCCC1. The summed E-state index contributed by atoms with van der Waals surface area (Å²) in [5.74, 6) is -0.725. The second kappa shape index (κ2) is 6.21. The number of urea groups is 1. The van der Waals surface area contributed by atoms with E-state index in [1.807, 2.05) is 0 Å². The summed E-state index contributed by atoms with van der Waals surface area (Å²) < 4.78 is 22.7. The monoisotopic (exact) mass is 318 g/mol. The van der Waals surface area contributed by atoms with E-state index in [4.69, 9.17) is 5.11 Å². The van der Waals surface area contributed by atoms with E-state index >= 15 is 0 Å². The Morgan fingerprint density at radius 1 is 1.14 bits per heavy atom. The topological polar surface area (TPSA) is 113 Å². The van der Waals surface area contributed by atoms with Crippen LogP contribution < -0.4 is 10.6 Å². The average Bonchev–Trinajstić information content (AvgIpc) is 2.79. The molecule has 0 aromatic rings. The number of hydrogen-bond acceptors (Lipinski definition) is 4. The minimum Gasteiger partial charge on any atom is -0.481 e. The van der Waals surface area contributed by atoms with Gasteiger partial charge in [0.15, 0.2) is 0 Å². The maximum absolute atomic E-state index is 12.1. The van der Waals surface area contributed by atoms with E-state index in [1.54, 1.807) is 0 Å². The number of carboxylic acids is 1. The fraction of sp³-hybridized carbons (Fsp3) is 0.846. The van der Waals surface area contributed by atoms with Crippen molar-refractivity contribution < 1.29 is 23.1 Å². The van der Waals surface area contributed by atoms with Gasteiger partial charge < -0.3 is 15.7 Å². The molecule has 8 heteroatoms. The zero-order chi connectivity index (χ0) is 15.5. The van der Waals surface area contributed by atoms with E-state index in [9.17, 15) is 18.0 Å². The smallest absolute Gasteiger partial charge is 0.315 e. The van der Waals surface area contributed by atoms with Crippen molar-refractivity contribution in [3.05, 3.63) is 0 Å². The molecule has 0 bridgehead atoms. The van der Waals surface area contributed by atoms with Crippen LogP contribution in [0.1, 0.15) is 44.9 Å². The van der Waals surface area contributed by atoms with Crippen LogP contribution in [0, 0.1) is 0 Å². The van der Waals surface area contributed by atoms with Crippen LogP contribution in [0.5, 0.6) is 0 Å². The van der Waals surface area contributed by atoms with Crippen LogP contribution in [0.3, 0.4) is 0 Å². The van der Waals surface area contributed by atoms with Gasteiger partial charge in [-0.15, -0.1) is 0 Å². The number of carbonyl (C=O) groups is 2. The second-order valence-electron chi connectivity index (χ2n) is 6.08. The first-order chi connectivity index (χ1) is 9.80. The summed E-state index contributed by atoms with van der Waals surface area (Å²) in [7, 11) is -2.95. The highest BCUT2D eigenvalue weighted by molar-refractivity contribution is 7.91. The van der Waals surface area contributed by atoms with Crippen LogP contribution in [0.25, 0.3) is 0 Å². The summed E-state index contributed by atoms with van der Waals surface area (Å²) in [4.78, 5) is 23.0. The third-order valence-electron chi connectivity index (χ3n) is 4.32. The van der Waals surface area contributed by atoms with Crippen molar-refractivity contribution in [3.8, 4) is 0 Å². The minimum absolute atomic E-state index is 0.0700. The molecule has 3 N–H and O–H groups in total. The molecule has 0 unspecified atom stereocenters. The van der Waals surface area contributed by atoms with Gasteiger partial charge in [0.2, 0.25) is 0 Å². The van der Waals surface area contributed by atoms with Gasteiger partial charge in [-0.05, 0) is 25.7 Å². The summed E-state index contributed by atoms with van der Waals surface area (Å²) in [6.07, 6.45) is 3.94. The Kier molecular flexibility index (Phi) is 4.75. The molecule has 21 heavy (non-hydrogen) atoms. The van der Waals surface area contributed by atoms with Gasteiger partial charge in [0.25, 0.3) is 0 Å². The first kappa shape index (κ1) is 16.1. The van der Waals surface area contributed by atoms with E-state index in [2.05, 4.69) is 10.6 Å². The number of sulfone groups is 1. The maximum atomic E-state index is 12.1. The standard InChI is InChI=1S/C13H22N2O5S/c16-11(17)9-13(5-1-2-6-13)15-12(18)14-10-3-7-21(19,20)8-4-10/h10H,1-9H2,(H,16,17)(H2,14,15,18). The number of carbonyl (C=O) groups excluding carboxylic acids is 1. The molecule has 7 nitrogen and oxygen atoms in total. The third kappa shape index (κ3) is 4.59. The molecule has 1 saturated carbocycles. The van der Waals surface area contributed by atoms with E-state index in [0.29, 0.717) is 25.7 Å². The van der Waals surface area contributed by atoms with Gasteiger partial charge in [0.1, 0.15) is 9.84 Å². The maximum Gasteiger partial charge on any atom is 0.315 e. The van der Waals surface area contributed by atoms with Crippen molar-refractivity contribution in [2.75, 3.05) is 11.5 Å². The fourth-order valence-electron chi connectivity index (χ4n) is 3.18. The number of carboxylic acid groups (broad SMARTS) is 1. The Morgan fingerprint density at radius 3 is 2.24 bits per heavy atom. The van der Waals surface area contributed by atoms with Crippen molar-refractivity contribution in [1.29, 1.82) is 0 Å². The predicted molar refractivity (Wildman–Crippen MR) is 76.8 cm³/mol. The molecule has 1 saturated heterocycles. The first-order valence-corrected chi connectivity index (χ1v) is 9.13. The van der Waals surface area contributed by atoms with Gasteiger partial charge in [-0.25, -0.2) is 13.2 Å². The molecule has 0 atom stereocenters. The van der Waals surface area contributed by atoms with Crippen molar-refractivity contribution in [2.24, 2.45) is 0 Å². The summed E-state index contributed by atoms with van der Waals surface area (Å²) >= 11 is 0. The lowest BCUT2D eigenvalue weighted by Gasteiger charge is -2.31. The number of hydrogen-bond donors (Lipinski definition) is 3. The van der Waals surface area contributed by atoms with Gasteiger partial charge in [-0.3, -0.25) is 4.79 Å². The molecule has 2 fully saturated rings. The number of rotatable bonds is 4. The lowest BCUT2D eigenvalue weighted by Crippen LogP contribution is -2.54. The zero-order valence-electron chi connectivity index (χ0n) is 11.9. The highest BCUT2D eigenvalue weighted by Gasteiger charge is 2.38. The molecule has 120 valence electrons. The average molecular weight is 318 g/mol. The molecule has 2 aliphatic rings. The summed E-state index contributed by atoms with van der Waals surface area (Å²) in [6.45, 7) is 0. The van der Waals surface area contributed by atoms with Crippen molar-refractivity contribution >= 4 is 21.8 Å². The number of nitrogens with one attached hydrogen (secondary N) is 2. The fourth-order valence-corrected chi connectivity index (χ4v) is 4.68. The Morgan fingerprint density at radius 2 is 1.71 bits per heavy atom. The van der Waals surface area contributed by atoms with Crippen LogP contribution in [0.2, 0.25) is 0 Å². The van der Waals surface area contributed by atoms with Crippen molar-refractivity contribution in [2.45, 2.75) is 56.5 Å². The van der Waals surface area contributed by atoms with Gasteiger partial charge >= 0.3 is 12.0 Å². The van der Waals surface area contributed by atoms with Crippen molar-refractivity contribution in [1.82, 2.24) is 10.6 Å². The van der Waals surface area contributed by atoms with Gasteiger partial charge in [-0.1, -0.05) is 12.8 Å². The van der Waals surface area contributed by atoms with Crippen LogP contribution in [-0.2, 0) is 14.6 Å². The van der Waals surface area contributed by atoms with E-state index in [-0.39, 0.29) is 30.0 Å². The lowest BCUT2D eigenvalue weighted by atomic mass is 9.93. The lowest BCUT2D eigenvalue weighted by molar-refractivity contribution is -0.138. The first-order valence-electron chi connectivity index (χ1n) is 7.31. The third-order valence-corrected chi connectivity index (χ3v) is 6.03. The number of amides is 2. The molecule has 2 amide bonds. The Bertz CT molecular complexity index is 497. The summed E-state index contributed by atoms with van der Waals surface area (Å²) in [5.41, 5.74) is -0.656. The van der Waals surface area contributed by atoms with Gasteiger partial charge in [0.05, 0.1) is 23.5 Å². The molecule has 0 spiro atoms. The summed E-state index contributed by atoms with van der Waals surface area (Å²) in [5, 5.41) is 14.6. The van der Waals surface area contributed by atoms with Crippen molar-refractivity contribution in [3.63, 3.8) is 0 Å². The van der Waals surface area contributed by atoms with E-state index < -0.39 is 21.3 Å². The largest absolute Gasteiger partial charge is 0.481 e. The van der Waals surface area contributed by atoms with Crippen LogP contribution in [0.4, 0.5) is 4.79 Å². The van der Waals surface area contributed by atoms with Crippen LogP contribution in [0.15, 0.2) is 0 Å². The van der Waals surface area contributed by atoms with Gasteiger partial charge in [-0.2, -0.15) is 0 Å². The molecule has 1 aliphatic carbocycles. The van der Waals surface area contributed by atoms with Gasteiger partial charge in [0, 0.05) is 6.04 Å². The van der Waals surface area contributed by atoms with E-state index in [0.717, 1.165) is 12.8 Å². The molecule has 0 radical (unpaired) electrons. The highest BCUT2D eigenvalue weighted by atomic mass is 32.2. The normalized spacial score (nSPS) is 24.4. The Hall–Kier alpha value is -1.31. The highest BCUT2D eigenvalue weighted by Crippen LogP contribution is 2.32. The van der Waals surface area contributed by atoms with E-state index in [1.165, 1.54) is 0 Å². The Balaban J connectivity index is 1.87. The number of aliphatic carboxylic acids is 1. The molecule has 1 heterocycles. The molecule has 0 aromatic heterocycles. The zero-order valence-corrected chi connectivity index (χ0v) is 12.7.